The first-order valence-electron chi connectivity index (χ1n) is 8.58. The number of carbonyl (C=O) groups excluding carboxylic acids is 2. The molecule has 0 atom stereocenters. The maximum absolute atomic E-state index is 12.5. The van der Waals surface area contributed by atoms with Crippen LogP contribution in [-0.2, 0) is 14.3 Å². The lowest BCUT2D eigenvalue weighted by Crippen LogP contribution is -2.29. The first-order valence-corrected chi connectivity index (χ1v) is 9.80. The maximum atomic E-state index is 12.5. The molecule has 25 heavy (non-hydrogen) atoms. The van der Waals surface area contributed by atoms with Crippen molar-refractivity contribution in [3.05, 3.63) is 40.8 Å². The quantitative estimate of drug-likeness (QED) is 0.276. The molecule has 0 bridgehead atoms. The van der Waals surface area contributed by atoms with Crippen LogP contribution in [0.4, 0.5) is 0 Å². The van der Waals surface area contributed by atoms with Gasteiger partial charge in [0.25, 0.3) is 5.91 Å². The summed E-state index contributed by atoms with van der Waals surface area (Å²) in [5.74, 6) is -0.167. The van der Waals surface area contributed by atoms with Crippen molar-refractivity contribution in [3.63, 3.8) is 0 Å². The van der Waals surface area contributed by atoms with Crippen LogP contribution in [0.1, 0.15) is 44.6 Å². The van der Waals surface area contributed by atoms with Crippen molar-refractivity contribution in [3.8, 4) is 0 Å². The molecule has 2 rings (SSSR count). The molecule has 0 unspecified atom stereocenters. The number of carbonyl (C=O) groups is 2. The highest BCUT2D eigenvalue weighted by atomic mass is 32.2. The van der Waals surface area contributed by atoms with E-state index in [4.69, 9.17) is 17.0 Å². The standard InChI is InChI=1S/C19H23NO3S2/c1-2-13-23-17(21)11-7-4-8-12-20-18(22)16(25-19(20)24)14-15-9-5-3-6-10-15/h3,5-6,9-10,14H,2,4,7-8,11-13H2,1H3/b16-14-. The van der Waals surface area contributed by atoms with Gasteiger partial charge in [0.2, 0.25) is 0 Å². The van der Waals surface area contributed by atoms with Crippen molar-refractivity contribution in [2.45, 2.75) is 39.0 Å². The normalized spacial score (nSPS) is 15.9. The Morgan fingerprint density at radius 1 is 1.24 bits per heavy atom. The summed E-state index contributed by atoms with van der Waals surface area (Å²) in [4.78, 5) is 26.2. The van der Waals surface area contributed by atoms with Gasteiger partial charge in [-0.15, -0.1) is 0 Å². The number of thiocarbonyl (C=S) groups is 1. The zero-order valence-electron chi connectivity index (χ0n) is 14.4. The fourth-order valence-corrected chi connectivity index (χ4v) is 3.71. The molecular weight excluding hydrogens is 354 g/mol. The molecule has 1 saturated heterocycles. The van der Waals surface area contributed by atoms with Crippen molar-refractivity contribution >= 4 is 46.3 Å². The minimum Gasteiger partial charge on any atom is -0.466 e. The van der Waals surface area contributed by atoms with E-state index in [2.05, 4.69) is 0 Å². The van der Waals surface area contributed by atoms with E-state index < -0.39 is 0 Å². The summed E-state index contributed by atoms with van der Waals surface area (Å²) in [5, 5.41) is 0. The van der Waals surface area contributed by atoms with Crippen LogP contribution in [-0.4, -0.2) is 34.2 Å². The molecule has 0 aliphatic carbocycles. The smallest absolute Gasteiger partial charge is 0.305 e. The Morgan fingerprint density at radius 3 is 2.72 bits per heavy atom. The molecule has 1 aliphatic heterocycles. The summed E-state index contributed by atoms with van der Waals surface area (Å²) in [6.07, 6.45) is 5.63. The predicted molar refractivity (Wildman–Crippen MR) is 106 cm³/mol. The van der Waals surface area contributed by atoms with Crippen molar-refractivity contribution in [2.75, 3.05) is 13.2 Å². The summed E-state index contributed by atoms with van der Waals surface area (Å²) in [6.45, 7) is 3.06. The lowest BCUT2D eigenvalue weighted by Gasteiger charge is -2.13. The monoisotopic (exact) mass is 377 g/mol. The van der Waals surface area contributed by atoms with Gasteiger partial charge in [-0.25, -0.2) is 0 Å². The molecule has 0 aromatic heterocycles. The highest BCUT2D eigenvalue weighted by Crippen LogP contribution is 2.32. The van der Waals surface area contributed by atoms with Gasteiger partial charge in [-0.2, -0.15) is 0 Å². The Morgan fingerprint density at radius 2 is 2.00 bits per heavy atom. The van der Waals surface area contributed by atoms with Gasteiger partial charge < -0.3 is 4.74 Å². The number of nitrogens with zero attached hydrogens (tertiary/aromatic N) is 1. The highest BCUT2D eigenvalue weighted by Gasteiger charge is 2.31. The van der Waals surface area contributed by atoms with Crippen molar-refractivity contribution < 1.29 is 14.3 Å². The lowest BCUT2D eigenvalue weighted by atomic mass is 10.2. The number of amides is 1. The van der Waals surface area contributed by atoms with Crippen molar-refractivity contribution in [2.24, 2.45) is 0 Å². The van der Waals surface area contributed by atoms with E-state index in [0.717, 1.165) is 31.2 Å². The number of unbranched alkanes of at least 4 members (excludes halogenated alkanes) is 2. The zero-order valence-corrected chi connectivity index (χ0v) is 16.0. The van der Waals surface area contributed by atoms with Crippen LogP contribution < -0.4 is 0 Å². The number of hydrogen-bond donors (Lipinski definition) is 0. The predicted octanol–water partition coefficient (Wildman–Crippen LogP) is 4.40. The minimum absolute atomic E-state index is 0.0267. The number of rotatable bonds is 9. The third-order valence-electron chi connectivity index (χ3n) is 3.70. The van der Waals surface area contributed by atoms with E-state index in [1.165, 1.54) is 11.8 Å². The minimum atomic E-state index is -0.141. The van der Waals surface area contributed by atoms with Gasteiger partial charge in [-0.3, -0.25) is 14.5 Å². The number of hydrogen-bond acceptors (Lipinski definition) is 5. The van der Waals surface area contributed by atoms with Crippen molar-refractivity contribution in [1.82, 2.24) is 4.90 Å². The van der Waals surface area contributed by atoms with Gasteiger partial charge in [-0.05, 0) is 30.9 Å². The summed E-state index contributed by atoms with van der Waals surface area (Å²) >= 11 is 6.68. The van der Waals surface area contributed by atoms with Gasteiger partial charge in [0.05, 0.1) is 11.5 Å². The molecule has 0 N–H and O–H groups in total. The topological polar surface area (TPSA) is 46.6 Å². The van der Waals surface area contributed by atoms with Gasteiger partial charge in [0.1, 0.15) is 4.32 Å². The maximum Gasteiger partial charge on any atom is 0.305 e. The van der Waals surface area contributed by atoms with Gasteiger partial charge >= 0.3 is 5.97 Å². The van der Waals surface area contributed by atoms with Crippen LogP contribution >= 0.6 is 24.0 Å². The average molecular weight is 378 g/mol. The first-order chi connectivity index (χ1) is 12.1. The Hall–Kier alpha value is -1.66. The Labute approximate surface area is 158 Å². The van der Waals surface area contributed by atoms with Crippen LogP contribution in [0.3, 0.4) is 0 Å². The van der Waals surface area contributed by atoms with Crippen LogP contribution in [0.15, 0.2) is 35.2 Å². The molecule has 1 aliphatic rings. The van der Waals surface area contributed by atoms with E-state index in [0.29, 0.717) is 28.8 Å². The second kappa shape index (κ2) is 10.4. The fourth-order valence-electron chi connectivity index (χ4n) is 2.40. The average Bonchev–Trinajstić information content (AvgIpc) is 2.87. The van der Waals surface area contributed by atoms with E-state index in [1.54, 1.807) is 4.90 Å². The summed E-state index contributed by atoms with van der Waals surface area (Å²) in [7, 11) is 0. The first kappa shape index (κ1) is 19.7. The van der Waals surface area contributed by atoms with Crippen LogP contribution in [0.25, 0.3) is 6.08 Å². The summed E-state index contributed by atoms with van der Waals surface area (Å²) in [5.41, 5.74) is 0.994. The van der Waals surface area contributed by atoms with Gasteiger partial charge in [-0.1, -0.05) is 67.7 Å². The summed E-state index contributed by atoms with van der Waals surface area (Å²) in [6, 6.07) is 9.76. The molecule has 1 aromatic carbocycles. The SMILES string of the molecule is CCCOC(=O)CCCCCN1C(=O)/C(=C/c2ccccc2)SC1=S. The van der Waals surface area contributed by atoms with Crippen LogP contribution in [0.2, 0.25) is 0 Å². The number of ether oxygens (including phenoxy) is 1. The largest absolute Gasteiger partial charge is 0.466 e. The molecule has 4 nitrogen and oxygen atoms in total. The third kappa shape index (κ3) is 6.29. The molecule has 1 heterocycles. The van der Waals surface area contributed by atoms with Crippen molar-refractivity contribution in [1.29, 1.82) is 0 Å². The Bertz CT molecular complexity index is 643. The highest BCUT2D eigenvalue weighted by molar-refractivity contribution is 8.26. The Balaban J connectivity index is 1.75. The second-order valence-corrected chi connectivity index (χ2v) is 7.45. The van der Waals surface area contributed by atoms with E-state index in [1.807, 2.05) is 43.3 Å². The van der Waals surface area contributed by atoms with E-state index in [-0.39, 0.29) is 11.9 Å². The zero-order chi connectivity index (χ0) is 18.1. The summed E-state index contributed by atoms with van der Waals surface area (Å²) < 4.78 is 5.65. The van der Waals surface area contributed by atoms with Gasteiger partial charge in [0, 0.05) is 13.0 Å². The molecule has 1 fully saturated rings. The molecule has 6 heteroatoms. The number of esters is 1. The lowest BCUT2D eigenvalue weighted by molar-refractivity contribution is -0.143. The molecular formula is C19H23NO3S2. The fraction of sp³-hybridized carbons (Fsp3) is 0.421. The second-order valence-electron chi connectivity index (χ2n) is 5.78. The van der Waals surface area contributed by atoms with E-state index in [9.17, 15) is 9.59 Å². The number of thioether (sulfide) groups is 1. The number of benzene rings is 1. The van der Waals surface area contributed by atoms with Crippen LogP contribution in [0, 0.1) is 0 Å². The molecule has 1 amide bonds. The molecule has 134 valence electrons. The third-order valence-corrected chi connectivity index (χ3v) is 5.08. The molecule has 0 spiro atoms. The van der Waals surface area contributed by atoms with E-state index >= 15 is 0 Å². The van der Waals surface area contributed by atoms with Gasteiger partial charge in [0.15, 0.2) is 0 Å². The molecule has 0 saturated carbocycles. The molecule has 1 aromatic rings. The van der Waals surface area contributed by atoms with Crippen LogP contribution in [0.5, 0.6) is 0 Å². The Kier molecular flexibility index (Phi) is 8.15. The molecule has 0 radical (unpaired) electrons.